The molecule has 0 fully saturated rings. The molecule has 0 radical (unpaired) electrons. The Morgan fingerprint density at radius 1 is 1.43 bits per heavy atom. The molecule has 1 rings (SSSR count). The SMILES string of the molecule is COc1cc(O)c(Cl)c(C=O)c1OC. The van der Waals surface area contributed by atoms with Gasteiger partial charge < -0.3 is 14.6 Å². The third-order valence-corrected chi connectivity index (χ3v) is 2.14. The normalized spacial score (nSPS) is 9.64. The van der Waals surface area contributed by atoms with Crippen LogP contribution in [0.3, 0.4) is 0 Å². The molecule has 0 saturated carbocycles. The summed E-state index contributed by atoms with van der Waals surface area (Å²) >= 11 is 5.69. The van der Waals surface area contributed by atoms with Crippen LogP contribution in [-0.2, 0) is 0 Å². The number of methoxy groups -OCH3 is 2. The molecule has 0 saturated heterocycles. The standard InChI is InChI=1S/C9H9ClO4/c1-13-7-3-6(12)8(10)5(4-11)9(7)14-2/h3-4,12H,1-2H3. The number of ether oxygens (including phenoxy) is 2. The van der Waals surface area contributed by atoms with Crippen molar-refractivity contribution in [2.75, 3.05) is 14.2 Å². The first kappa shape index (κ1) is 10.7. The molecule has 0 aliphatic carbocycles. The highest BCUT2D eigenvalue weighted by atomic mass is 35.5. The van der Waals surface area contributed by atoms with Crippen LogP contribution in [0, 0.1) is 0 Å². The Labute approximate surface area is 86.0 Å². The van der Waals surface area contributed by atoms with E-state index in [0.717, 1.165) is 0 Å². The summed E-state index contributed by atoms with van der Waals surface area (Å²) < 4.78 is 9.85. The molecule has 0 bridgehead atoms. The van der Waals surface area contributed by atoms with E-state index in [9.17, 15) is 9.90 Å². The Hall–Kier alpha value is -1.42. The lowest BCUT2D eigenvalue weighted by molar-refractivity contribution is 0.111. The van der Waals surface area contributed by atoms with E-state index in [1.165, 1.54) is 20.3 Å². The fourth-order valence-electron chi connectivity index (χ4n) is 1.09. The lowest BCUT2D eigenvalue weighted by Gasteiger charge is -2.11. The number of phenolic OH excluding ortho intramolecular Hbond substituents is 1. The molecule has 0 heterocycles. The number of carbonyl (C=O) groups is 1. The first-order chi connectivity index (χ1) is 6.65. The first-order valence-electron chi connectivity index (χ1n) is 3.74. The lowest BCUT2D eigenvalue weighted by Crippen LogP contribution is -1.96. The number of phenols is 1. The highest BCUT2D eigenvalue weighted by molar-refractivity contribution is 6.34. The first-order valence-corrected chi connectivity index (χ1v) is 4.12. The number of aromatic hydroxyl groups is 1. The fraction of sp³-hybridized carbons (Fsp3) is 0.222. The molecule has 4 nitrogen and oxygen atoms in total. The summed E-state index contributed by atoms with van der Waals surface area (Å²) in [6.45, 7) is 0. The molecule has 5 heteroatoms. The Morgan fingerprint density at radius 3 is 2.50 bits per heavy atom. The maximum absolute atomic E-state index is 10.7. The van der Waals surface area contributed by atoms with Crippen molar-refractivity contribution in [2.24, 2.45) is 0 Å². The van der Waals surface area contributed by atoms with Crippen LogP contribution in [0.4, 0.5) is 0 Å². The molecule has 76 valence electrons. The average Bonchev–Trinajstić information content (AvgIpc) is 2.20. The molecule has 1 aromatic rings. The molecule has 0 aliphatic rings. The molecule has 0 spiro atoms. The van der Waals surface area contributed by atoms with Gasteiger partial charge in [0.25, 0.3) is 0 Å². The molecule has 0 atom stereocenters. The highest BCUT2D eigenvalue weighted by Crippen LogP contribution is 2.40. The highest BCUT2D eigenvalue weighted by Gasteiger charge is 2.17. The molecular weight excluding hydrogens is 208 g/mol. The van der Waals surface area contributed by atoms with Gasteiger partial charge in [-0.05, 0) is 0 Å². The predicted octanol–water partition coefficient (Wildman–Crippen LogP) is 1.88. The second-order valence-corrected chi connectivity index (χ2v) is 2.85. The third-order valence-electron chi connectivity index (χ3n) is 1.74. The van der Waals surface area contributed by atoms with Gasteiger partial charge in [-0.25, -0.2) is 0 Å². The van der Waals surface area contributed by atoms with Gasteiger partial charge in [0.15, 0.2) is 17.8 Å². The van der Waals surface area contributed by atoms with Crippen LogP contribution in [-0.4, -0.2) is 25.6 Å². The van der Waals surface area contributed by atoms with Gasteiger partial charge in [0.1, 0.15) is 5.75 Å². The minimum absolute atomic E-state index is 0.0438. The summed E-state index contributed by atoms with van der Waals surface area (Å²) in [6.07, 6.45) is 0.503. The average molecular weight is 217 g/mol. The van der Waals surface area contributed by atoms with Crippen LogP contribution < -0.4 is 9.47 Å². The summed E-state index contributed by atoms with van der Waals surface area (Å²) in [7, 11) is 2.79. The zero-order valence-electron chi connectivity index (χ0n) is 7.70. The van der Waals surface area contributed by atoms with E-state index in [-0.39, 0.29) is 27.8 Å². The van der Waals surface area contributed by atoms with Gasteiger partial charge >= 0.3 is 0 Å². The summed E-state index contributed by atoms with van der Waals surface area (Å²) in [5.41, 5.74) is 0.0750. The minimum Gasteiger partial charge on any atom is -0.506 e. The van der Waals surface area contributed by atoms with E-state index >= 15 is 0 Å². The van der Waals surface area contributed by atoms with E-state index in [2.05, 4.69) is 0 Å². The van der Waals surface area contributed by atoms with Crippen molar-refractivity contribution in [3.05, 3.63) is 16.7 Å². The minimum atomic E-state index is -0.216. The number of rotatable bonds is 3. The molecule has 0 amide bonds. The van der Waals surface area contributed by atoms with Crippen LogP contribution in [0.5, 0.6) is 17.2 Å². The molecule has 0 unspecified atom stereocenters. The molecular formula is C9H9ClO4. The maximum Gasteiger partial charge on any atom is 0.173 e. The van der Waals surface area contributed by atoms with Gasteiger partial charge in [0.2, 0.25) is 0 Å². The predicted molar refractivity (Wildman–Crippen MR) is 51.6 cm³/mol. The zero-order chi connectivity index (χ0) is 10.7. The number of benzene rings is 1. The van der Waals surface area contributed by atoms with Crippen molar-refractivity contribution in [1.82, 2.24) is 0 Å². The van der Waals surface area contributed by atoms with Gasteiger partial charge in [-0.3, -0.25) is 4.79 Å². The largest absolute Gasteiger partial charge is 0.506 e. The zero-order valence-corrected chi connectivity index (χ0v) is 8.46. The summed E-state index contributed by atoms with van der Waals surface area (Å²) in [5, 5.41) is 9.29. The lowest BCUT2D eigenvalue weighted by atomic mass is 10.2. The molecule has 1 aromatic carbocycles. The van der Waals surface area contributed by atoms with Crippen molar-refractivity contribution in [1.29, 1.82) is 0 Å². The van der Waals surface area contributed by atoms with E-state index in [4.69, 9.17) is 21.1 Å². The second kappa shape index (κ2) is 4.19. The molecule has 1 N–H and O–H groups in total. The maximum atomic E-state index is 10.7. The van der Waals surface area contributed by atoms with Crippen molar-refractivity contribution in [2.45, 2.75) is 0 Å². The van der Waals surface area contributed by atoms with E-state index < -0.39 is 0 Å². The molecule has 0 aliphatic heterocycles. The number of hydrogen-bond acceptors (Lipinski definition) is 4. The number of hydrogen-bond donors (Lipinski definition) is 1. The topological polar surface area (TPSA) is 55.8 Å². The fourth-order valence-corrected chi connectivity index (χ4v) is 1.28. The van der Waals surface area contributed by atoms with Crippen molar-refractivity contribution < 1.29 is 19.4 Å². The monoisotopic (exact) mass is 216 g/mol. The summed E-state index contributed by atoms with van der Waals surface area (Å²) in [5.74, 6) is 0.258. The molecule has 0 aromatic heterocycles. The van der Waals surface area contributed by atoms with Crippen molar-refractivity contribution >= 4 is 17.9 Å². The van der Waals surface area contributed by atoms with Crippen LogP contribution in [0.1, 0.15) is 10.4 Å². The van der Waals surface area contributed by atoms with Gasteiger partial charge in [0.05, 0.1) is 24.8 Å². The van der Waals surface area contributed by atoms with E-state index in [1.807, 2.05) is 0 Å². The van der Waals surface area contributed by atoms with Crippen LogP contribution in [0.25, 0.3) is 0 Å². The van der Waals surface area contributed by atoms with Crippen molar-refractivity contribution in [3.8, 4) is 17.2 Å². The van der Waals surface area contributed by atoms with Gasteiger partial charge in [-0.1, -0.05) is 11.6 Å². The summed E-state index contributed by atoms with van der Waals surface area (Å²) in [4.78, 5) is 10.7. The third kappa shape index (κ3) is 1.61. The smallest absolute Gasteiger partial charge is 0.173 e. The van der Waals surface area contributed by atoms with E-state index in [0.29, 0.717) is 6.29 Å². The van der Waals surface area contributed by atoms with Crippen LogP contribution >= 0.6 is 11.6 Å². The number of carbonyl (C=O) groups excluding carboxylic acids is 1. The van der Waals surface area contributed by atoms with Crippen LogP contribution in [0.2, 0.25) is 5.02 Å². The van der Waals surface area contributed by atoms with E-state index in [1.54, 1.807) is 0 Å². The Bertz CT molecular complexity index is 362. The summed E-state index contributed by atoms with van der Waals surface area (Å²) in [6, 6.07) is 1.29. The van der Waals surface area contributed by atoms with Gasteiger partial charge in [-0.2, -0.15) is 0 Å². The van der Waals surface area contributed by atoms with Crippen LogP contribution in [0.15, 0.2) is 6.07 Å². The Kier molecular flexibility index (Phi) is 3.19. The Balaban J connectivity index is 3.49. The molecule has 14 heavy (non-hydrogen) atoms. The number of halogens is 1. The van der Waals surface area contributed by atoms with Crippen molar-refractivity contribution in [3.63, 3.8) is 0 Å². The number of aldehydes is 1. The Morgan fingerprint density at radius 2 is 2.07 bits per heavy atom. The van der Waals surface area contributed by atoms with Gasteiger partial charge in [0, 0.05) is 6.07 Å². The quantitative estimate of drug-likeness (QED) is 0.784. The second-order valence-electron chi connectivity index (χ2n) is 2.48. The van der Waals surface area contributed by atoms with Gasteiger partial charge in [-0.15, -0.1) is 0 Å².